The number of hydrogen-bond acceptors (Lipinski definition) is 9. The molecule has 0 spiro atoms. The molecular weight excluding hydrogens is 404 g/mol. The number of nitrogens with zero attached hydrogens (tertiary/aromatic N) is 4. The summed E-state index contributed by atoms with van der Waals surface area (Å²) in [7, 11) is 1.38. The molecule has 0 radical (unpaired) electrons. The molecule has 1 aromatic heterocycles. The Balaban J connectivity index is 0.00000107. The van der Waals surface area contributed by atoms with Gasteiger partial charge in [0.2, 0.25) is 5.82 Å². The summed E-state index contributed by atoms with van der Waals surface area (Å²) in [6, 6.07) is 7.69. The third-order valence-electron chi connectivity index (χ3n) is 5.08. The summed E-state index contributed by atoms with van der Waals surface area (Å²) in [5.41, 5.74) is 2.10. The summed E-state index contributed by atoms with van der Waals surface area (Å²) in [6.45, 7) is 3.12. The largest absolute Gasteiger partial charge is 0.469 e. The monoisotopic (exact) mass is 428 g/mol. The van der Waals surface area contributed by atoms with Crippen molar-refractivity contribution in [2.75, 3.05) is 25.1 Å². The van der Waals surface area contributed by atoms with Crippen molar-refractivity contribution in [1.82, 2.24) is 9.97 Å². The number of ether oxygens (including phenoxy) is 1. The Morgan fingerprint density at radius 1 is 1.23 bits per heavy atom. The average molecular weight is 428 g/mol. The van der Waals surface area contributed by atoms with E-state index in [0.29, 0.717) is 43.0 Å². The van der Waals surface area contributed by atoms with Gasteiger partial charge in [0, 0.05) is 18.7 Å². The Bertz CT molecular complexity index is 933. The van der Waals surface area contributed by atoms with Crippen LogP contribution < -0.4 is 4.90 Å². The van der Waals surface area contributed by atoms with Crippen molar-refractivity contribution in [3.8, 4) is 11.3 Å². The Morgan fingerprint density at radius 3 is 2.35 bits per heavy atom. The summed E-state index contributed by atoms with van der Waals surface area (Å²) in [5, 5.41) is 11.9. The first-order valence-electron chi connectivity index (χ1n) is 9.87. The standard InChI is InChI=1S/C20H24N4O4.CO2/c1-3-4-14-5-7-15(8-6-14)17-18(24(26)27)19(22-13-21-17)23-11-9-16(10-12-23)20(25)28-2;2-1-3/h5-8,13,16H,3-4,9-12H2,1-2H3;. The van der Waals surface area contributed by atoms with Crippen LogP contribution in [0.15, 0.2) is 30.6 Å². The van der Waals surface area contributed by atoms with Crippen LogP contribution in [0.25, 0.3) is 11.3 Å². The van der Waals surface area contributed by atoms with Crippen molar-refractivity contribution in [2.24, 2.45) is 5.92 Å². The number of hydrogen-bond donors (Lipinski definition) is 0. The summed E-state index contributed by atoms with van der Waals surface area (Å²) in [4.78, 5) is 49.7. The van der Waals surface area contributed by atoms with E-state index in [9.17, 15) is 14.9 Å². The second-order valence-corrected chi connectivity index (χ2v) is 6.97. The lowest BCUT2D eigenvalue weighted by Gasteiger charge is -2.31. The molecule has 1 fully saturated rings. The number of piperidine rings is 1. The van der Waals surface area contributed by atoms with Crippen molar-refractivity contribution in [1.29, 1.82) is 0 Å². The van der Waals surface area contributed by atoms with Gasteiger partial charge in [0.15, 0.2) is 5.69 Å². The van der Waals surface area contributed by atoms with Crippen LogP contribution in [-0.4, -0.2) is 47.2 Å². The highest BCUT2D eigenvalue weighted by Gasteiger charge is 2.32. The zero-order chi connectivity index (χ0) is 22.8. The third-order valence-corrected chi connectivity index (χ3v) is 5.08. The van der Waals surface area contributed by atoms with Crippen LogP contribution in [0, 0.1) is 16.0 Å². The van der Waals surface area contributed by atoms with E-state index in [4.69, 9.17) is 14.3 Å². The molecule has 1 saturated heterocycles. The van der Waals surface area contributed by atoms with E-state index in [0.717, 1.165) is 12.8 Å². The van der Waals surface area contributed by atoms with Gasteiger partial charge in [-0.05, 0) is 24.8 Å². The fourth-order valence-electron chi connectivity index (χ4n) is 3.59. The maximum atomic E-state index is 11.9. The van der Waals surface area contributed by atoms with E-state index in [1.807, 2.05) is 29.2 Å². The van der Waals surface area contributed by atoms with Crippen molar-refractivity contribution in [3.63, 3.8) is 0 Å². The minimum Gasteiger partial charge on any atom is -0.469 e. The zero-order valence-electron chi connectivity index (χ0n) is 17.4. The molecule has 31 heavy (non-hydrogen) atoms. The lowest BCUT2D eigenvalue weighted by atomic mass is 9.97. The van der Waals surface area contributed by atoms with Gasteiger partial charge in [0.25, 0.3) is 0 Å². The summed E-state index contributed by atoms with van der Waals surface area (Å²) in [5.74, 6) is -0.103. The van der Waals surface area contributed by atoms with Gasteiger partial charge in [-0.3, -0.25) is 14.9 Å². The van der Waals surface area contributed by atoms with Gasteiger partial charge in [-0.2, -0.15) is 9.59 Å². The molecule has 164 valence electrons. The molecule has 0 saturated carbocycles. The van der Waals surface area contributed by atoms with Crippen LogP contribution in [0.2, 0.25) is 0 Å². The maximum absolute atomic E-state index is 11.9. The van der Waals surface area contributed by atoms with E-state index in [1.54, 1.807) is 0 Å². The second kappa shape index (κ2) is 11.5. The molecule has 0 bridgehead atoms. The predicted octanol–water partition coefficient (Wildman–Crippen LogP) is 2.81. The first-order valence-corrected chi connectivity index (χ1v) is 9.87. The molecular formula is C21H24N4O6. The van der Waals surface area contributed by atoms with Crippen LogP contribution >= 0.6 is 0 Å². The lowest BCUT2D eigenvalue weighted by Crippen LogP contribution is -2.37. The highest BCUT2D eigenvalue weighted by molar-refractivity contribution is 5.78. The van der Waals surface area contributed by atoms with Crippen molar-refractivity contribution in [3.05, 3.63) is 46.3 Å². The summed E-state index contributed by atoms with van der Waals surface area (Å²) < 4.78 is 4.81. The fraction of sp³-hybridized carbons (Fsp3) is 0.429. The Labute approximate surface area is 179 Å². The number of carbonyl (C=O) groups is 1. The summed E-state index contributed by atoms with van der Waals surface area (Å²) in [6.07, 6.45) is 4.78. The minimum atomic E-state index is -0.420. The van der Waals surface area contributed by atoms with Crippen LogP contribution in [0.1, 0.15) is 31.7 Å². The Hall–Kier alpha value is -3.65. The average Bonchev–Trinajstić information content (AvgIpc) is 2.79. The SMILES string of the molecule is CCCc1ccc(-c2ncnc(N3CCC(C(=O)OC)CC3)c2[N+](=O)[O-])cc1.O=C=O. The highest BCUT2D eigenvalue weighted by Crippen LogP contribution is 2.36. The molecule has 3 rings (SSSR count). The number of aryl methyl sites for hydroxylation is 1. The molecule has 0 unspecified atom stereocenters. The number of carbonyl (C=O) groups excluding carboxylic acids is 3. The third kappa shape index (κ3) is 5.93. The van der Waals surface area contributed by atoms with E-state index in [-0.39, 0.29) is 23.7 Å². The molecule has 2 heterocycles. The zero-order valence-corrected chi connectivity index (χ0v) is 17.4. The van der Waals surface area contributed by atoms with Gasteiger partial charge in [-0.15, -0.1) is 0 Å². The number of benzene rings is 1. The molecule has 10 heteroatoms. The van der Waals surface area contributed by atoms with E-state index < -0.39 is 4.92 Å². The molecule has 10 nitrogen and oxygen atoms in total. The first kappa shape index (κ1) is 23.6. The van der Waals surface area contributed by atoms with Crippen LogP contribution in [0.5, 0.6) is 0 Å². The highest BCUT2D eigenvalue weighted by atomic mass is 16.6. The molecule has 0 N–H and O–H groups in total. The molecule has 0 aliphatic carbocycles. The van der Waals surface area contributed by atoms with Gasteiger partial charge >= 0.3 is 17.8 Å². The number of aromatic nitrogens is 2. The molecule has 1 aliphatic rings. The number of esters is 1. The fourth-order valence-corrected chi connectivity index (χ4v) is 3.59. The first-order chi connectivity index (χ1) is 15.0. The smallest absolute Gasteiger partial charge is 0.373 e. The summed E-state index contributed by atoms with van der Waals surface area (Å²) >= 11 is 0. The van der Waals surface area contributed by atoms with Gasteiger partial charge < -0.3 is 9.64 Å². The quantitative estimate of drug-likeness (QED) is 0.387. The van der Waals surface area contributed by atoms with E-state index in [2.05, 4.69) is 16.9 Å². The predicted molar refractivity (Wildman–Crippen MR) is 110 cm³/mol. The van der Waals surface area contributed by atoms with Gasteiger partial charge in [-0.1, -0.05) is 37.6 Å². The number of rotatable bonds is 6. The molecule has 0 amide bonds. The Morgan fingerprint density at radius 2 is 1.84 bits per heavy atom. The van der Waals surface area contributed by atoms with Crippen LogP contribution in [-0.2, 0) is 25.5 Å². The van der Waals surface area contributed by atoms with Gasteiger partial charge in [-0.25, -0.2) is 9.97 Å². The maximum Gasteiger partial charge on any atom is 0.373 e. The molecule has 1 aromatic carbocycles. The minimum absolute atomic E-state index is 0.0951. The topological polar surface area (TPSA) is 133 Å². The van der Waals surface area contributed by atoms with Gasteiger partial charge in [0.05, 0.1) is 18.0 Å². The molecule has 0 atom stereocenters. The molecule has 2 aromatic rings. The van der Waals surface area contributed by atoms with E-state index in [1.165, 1.54) is 19.0 Å². The van der Waals surface area contributed by atoms with Crippen molar-refractivity contribution < 1.29 is 24.0 Å². The number of nitro groups is 1. The second-order valence-electron chi connectivity index (χ2n) is 6.97. The van der Waals surface area contributed by atoms with Crippen molar-refractivity contribution >= 4 is 23.6 Å². The van der Waals surface area contributed by atoms with Crippen LogP contribution in [0.4, 0.5) is 11.5 Å². The molecule has 1 aliphatic heterocycles. The van der Waals surface area contributed by atoms with E-state index >= 15 is 0 Å². The number of anilines is 1. The lowest BCUT2D eigenvalue weighted by molar-refractivity contribution is -0.383. The normalized spacial score (nSPS) is 13.5. The number of methoxy groups -OCH3 is 1. The van der Waals surface area contributed by atoms with Crippen LogP contribution in [0.3, 0.4) is 0 Å². The van der Waals surface area contributed by atoms with Gasteiger partial charge in [0.1, 0.15) is 6.33 Å². The Kier molecular flexibility index (Phi) is 8.78. The van der Waals surface area contributed by atoms with Crippen molar-refractivity contribution in [2.45, 2.75) is 32.6 Å².